The number of nitrogens with one attached hydrogen (secondary N) is 1. The Morgan fingerprint density at radius 3 is 2.48 bits per heavy atom. The molecule has 0 fully saturated rings. The average Bonchev–Trinajstić information content (AvgIpc) is 3.24. The molecule has 0 aliphatic carbocycles. The summed E-state index contributed by atoms with van der Waals surface area (Å²) in [5.74, 6) is -1.30. The number of fused-ring (bicyclic) bond motifs is 1. The SMILES string of the molecule is COC(=O)c1ccc(COC(=O)[C@@H](NC(=O)Cc2cccc3ccccc23)C(C)C)o1. The summed E-state index contributed by atoms with van der Waals surface area (Å²) in [6.45, 7) is 3.50. The Morgan fingerprint density at radius 1 is 1.00 bits per heavy atom. The number of carbonyl (C=O) groups excluding carboxylic acids is 3. The number of benzene rings is 2. The zero-order valence-electron chi connectivity index (χ0n) is 17.7. The van der Waals surface area contributed by atoms with E-state index in [0.29, 0.717) is 5.76 Å². The maximum Gasteiger partial charge on any atom is 0.373 e. The van der Waals surface area contributed by atoms with Gasteiger partial charge in [-0.25, -0.2) is 9.59 Å². The smallest absolute Gasteiger partial charge is 0.373 e. The first-order chi connectivity index (χ1) is 14.9. The molecule has 3 aromatic rings. The first-order valence-electron chi connectivity index (χ1n) is 9.98. The van der Waals surface area contributed by atoms with Crippen LogP contribution in [0, 0.1) is 5.92 Å². The van der Waals surface area contributed by atoms with E-state index in [1.165, 1.54) is 19.2 Å². The topological polar surface area (TPSA) is 94.8 Å². The Bertz CT molecular complexity index is 1080. The van der Waals surface area contributed by atoms with Gasteiger partial charge in [0.15, 0.2) is 0 Å². The Hall–Kier alpha value is -3.61. The van der Waals surface area contributed by atoms with Gasteiger partial charge in [0.25, 0.3) is 0 Å². The molecule has 0 unspecified atom stereocenters. The summed E-state index contributed by atoms with van der Waals surface area (Å²) < 4.78 is 15.2. The fourth-order valence-corrected chi connectivity index (χ4v) is 3.24. The third kappa shape index (κ3) is 5.51. The molecule has 0 radical (unpaired) electrons. The van der Waals surface area contributed by atoms with E-state index in [4.69, 9.17) is 9.15 Å². The second kappa shape index (κ2) is 9.93. The lowest BCUT2D eigenvalue weighted by Crippen LogP contribution is -2.45. The summed E-state index contributed by atoms with van der Waals surface area (Å²) >= 11 is 0. The van der Waals surface area contributed by atoms with Crippen LogP contribution in [0.3, 0.4) is 0 Å². The van der Waals surface area contributed by atoms with Crippen molar-refractivity contribution in [2.45, 2.75) is 32.9 Å². The van der Waals surface area contributed by atoms with Crippen LogP contribution in [0.25, 0.3) is 10.8 Å². The van der Waals surface area contributed by atoms with E-state index >= 15 is 0 Å². The minimum atomic E-state index is -0.808. The highest BCUT2D eigenvalue weighted by molar-refractivity contribution is 5.91. The zero-order valence-corrected chi connectivity index (χ0v) is 17.7. The Kier molecular flexibility index (Phi) is 7.07. The summed E-state index contributed by atoms with van der Waals surface area (Å²) in [6.07, 6.45) is 0.151. The van der Waals surface area contributed by atoms with Crippen molar-refractivity contribution >= 4 is 28.6 Å². The number of esters is 2. The molecule has 0 aliphatic heterocycles. The van der Waals surface area contributed by atoms with Crippen LogP contribution in [0.15, 0.2) is 59.0 Å². The molecule has 1 aromatic heterocycles. The van der Waals surface area contributed by atoms with Crippen LogP contribution in [0.5, 0.6) is 0 Å². The highest BCUT2D eigenvalue weighted by Crippen LogP contribution is 2.19. The molecular weight excluding hydrogens is 398 g/mol. The first kappa shape index (κ1) is 22.1. The van der Waals surface area contributed by atoms with Crippen molar-refractivity contribution in [3.05, 3.63) is 71.7 Å². The van der Waals surface area contributed by atoms with Gasteiger partial charge in [-0.1, -0.05) is 56.3 Å². The van der Waals surface area contributed by atoms with Gasteiger partial charge >= 0.3 is 11.9 Å². The molecule has 0 saturated heterocycles. The molecule has 0 saturated carbocycles. The number of amides is 1. The molecule has 0 bridgehead atoms. The van der Waals surface area contributed by atoms with Crippen LogP contribution < -0.4 is 5.32 Å². The van der Waals surface area contributed by atoms with Crippen molar-refractivity contribution in [2.24, 2.45) is 5.92 Å². The summed E-state index contributed by atoms with van der Waals surface area (Å²) in [6, 6.07) is 15.8. The summed E-state index contributed by atoms with van der Waals surface area (Å²) in [5.41, 5.74) is 0.886. The van der Waals surface area contributed by atoms with Gasteiger partial charge in [-0.3, -0.25) is 4.79 Å². The van der Waals surface area contributed by atoms with Crippen LogP contribution in [0.1, 0.15) is 35.7 Å². The van der Waals surface area contributed by atoms with Gasteiger partial charge < -0.3 is 19.2 Å². The van der Waals surface area contributed by atoms with E-state index in [9.17, 15) is 14.4 Å². The summed E-state index contributed by atoms with van der Waals surface area (Å²) in [4.78, 5) is 36.7. The van der Waals surface area contributed by atoms with E-state index in [2.05, 4.69) is 10.1 Å². The molecular formula is C24H25NO6. The van der Waals surface area contributed by atoms with Gasteiger partial charge in [0, 0.05) is 0 Å². The van der Waals surface area contributed by atoms with Gasteiger partial charge in [0.2, 0.25) is 11.7 Å². The third-order valence-corrected chi connectivity index (χ3v) is 4.87. The second-order valence-electron chi connectivity index (χ2n) is 7.47. The second-order valence-corrected chi connectivity index (χ2v) is 7.47. The van der Waals surface area contributed by atoms with E-state index in [1.807, 2.05) is 56.3 Å². The van der Waals surface area contributed by atoms with Crippen LogP contribution in [0.4, 0.5) is 0 Å². The molecule has 1 heterocycles. The van der Waals surface area contributed by atoms with Crippen molar-refractivity contribution < 1.29 is 28.3 Å². The van der Waals surface area contributed by atoms with E-state index < -0.39 is 18.0 Å². The lowest BCUT2D eigenvalue weighted by molar-refractivity contribution is -0.151. The van der Waals surface area contributed by atoms with Crippen LogP contribution in [-0.4, -0.2) is 31.0 Å². The maximum absolute atomic E-state index is 12.7. The van der Waals surface area contributed by atoms with Gasteiger partial charge in [-0.05, 0) is 34.4 Å². The van der Waals surface area contributed by atoms with Crippen molar-refractivity contribution in [1.29, 1.82) is 0 Å². The van der Waals surface area contributed by atoms with Crippen LogP contribution in [-0.2, 0) is 32.1 Å². The largest absolute Gasteiger partial charge is 0.463 e. The molecule has 7 heteroatoms. The van der Waals surface area contributed by atoms with Crippen molar-refractivity contribution in [3.63, 3.8) is 0 Å². The number of ether oxygens (including phenoxy) is 2. The van der Waals surface area contributed by atoms with Crippen LogP contribution in [0.2, 0.25) is 0 Å². The molecule has 7 nitrogen and oxygen atoms in total. The summed E-state index contributed by atoms with van der Waals surface area (Å²) in [5, 5.41) is 4.84. The number of furan rings is 1. The first-order valence-corrected chi connectivity index (χ1v) is 9.98. The highest BCUT2D eigenvalue weighted by Gasteiger charge is 2.26. The summed E-state index contributed by atoms with van der Waals surface area (Å²) in [7, 11) is 1.25. The number of hydrogen-bond donors (Lipinski definition) is 1. The van der Waals surface area contributed by atoms with Crippen molar-refractivity contribution in [1.82, 2.24) is 5.32 Å². The number of rotatable bonds is 8. The normalized spacial score (nSPS) is 11.9. The Balaban J connectivity index is 1.62. The quantitative estimate of drug-likeness (QED) is 0.556. The number of carbonyl (C=O) groups is 3. The van der Waals surface area contributed by atoms with E-state index in [0.717, 1.165) is 16.3 Å². The molecule has 0 spiro atoms. The number of methoxy groups -OCH3 is 1. The standard InChI is InChI=1S/C24H25NO6/c1-15(2)22(24(28)30-14-18-11-12-20(31-18)23(27)29-3)25-21(26)13-17-9-6-8-16-7-4-5-10-19(16)17/h4-12,15,22H,13-14H2,1-3H3,(H,25,26)/t22-/m0/s1. The molecule has 1 atom stereocenters. The lowest BCUT2D eigenvalue weighted by Gasteiger charge is -2.21. The fourth-order valence-electron chi connectivity index (χ4n) is 3.24. The van der Waals surface area contributed by atoms with Gasteiger partial charge in [-0.15, -0.1) is 0 Å². The fraction of sp³-hybridized carbons (Fsp3) is 0.292. The lowest BCUT2D eigenvalue weighted by atomic mass is 10.0. The maximum atomic E-state index is 12.7. The average molecular weight is 423 g/mol. The molecule has 3 rings (SSSR count). The van der Waals surface area contributed by atoms with Crippen molar-refractivity contribution in [3.8, 4) is 0 Å². The third-order valence-electron chi connectivity index (χ3n) is 4.87. The Labute approximate surface area is 180 Å². The number of hydrogen-bond acceptors (Lipinski definition) is 6. The van der Waals surface area contributed by atoms with E-state index in [1.54, 1.807) is 0 Å². The predicted octanol–water partition coefficient (Wildman–Crippen LogP) is 3.65. The van der Waals surface area contributed by atoms with Gasteiger partial charge in [0.05, 0.1) is 13.5 Å². The Morgan fingerprint density at radius 2 is 1.74 bits per heavy atom. The molecule has 162 valence electrons. The molecule has 1 amide bonds. The van der Waals surface area contributed by atoms with Gasteiger partial charge in [-0.2, -0.15) is 0 Å². The minimum absolute atomic E-state index is 0.0253. The zero-order chi connectivity index (χ0) is 22.4. The molecule has 1 N–H and O–H groups in total. The minimum Gasteiger partial charge on any atom is -0.463 e. The monoisotopic (exact) mass is 423 g/mol. The molecule has 31 heavy (non-hydrogen) atoms. The van der Waals surface area contributed by atoms with E-state index in [-0.39, 0.29) is 30.6 Å². The highest BCUT2D eigenvalue weighted by atomic mass is 16.6. The molecule has 2 aromatic carbocycles. The van der Waals surface area contributed by atoms with Crippen molar-refractivity contribution in [2.75, 3.05) is 7.11 Å². The molecule has 0 aliphatic rings. The van der Waals surface area contributed by atoms with Gasteiger partial charge in [0.1, 0.15) is 18.4 Å². The predicted molar refractivity (Wildman–Crippen MR) is 114 cm³/mol. The van der Waals surface area contributed by atoms with Crippen LogP contribution >= 0.6 is 0 Å².